The minimum atomic E-state index is -0.605. The highest BCUT2D eigenvalue weighted by atomic mass is 35.5. The normalized spacial score (nSPS) is 28.4. The van der Waals surface area contributed by atoms with E-state index in [-0.39, 0.29) is 18.4 Å². The van der Waals surface area contributed by atoms with E-state index in [9.17, 15) is 10.2 Å². The monoisotopic (exact) mass is 327 g/mol. The van der Waals surface area contributed by atoms with Crippen molar-refractivity contribution in [3.63, 3.8) is 0 Å². The van der Waals surface area contributed by atoms with Gasteiger partial charge in [0.15, 0.2) is 0 Å². The first-order valence-corrected chi connectivity index (χ1v) is 7.83. The van der Waals surface area contributed by atoms with Gasteiger partial charge in [-0.05, 0) is 64.4 Å². The number of hydrogen-bond acceptors (Lipinski definition) is 4. The van der Waals surface area contributed by atoms with E-state index in [1.165, 1.54) is 12.8 Å². The van der Waals surface area contributed by atoms with Crippen LogP contribution in [0.1, 0.15) is 56.9 Å². The average molecular weight is 328 g/mol. The largest absolute Gasteiger partial charge is 0.485 e. The second-order valence-electron chi connectivity index (χ2n) is 6.81. The molecule has 0 aromatic heterocycles. The van der Waals surface area contributed by atoms with Crippen LogP contribution < -0.4 is 4.74 Å². The lowest BCUT2D eigenvalue weighted by molar-refractivity contribution is -0.0896. The predicted octanol–water partition coefficient (Wildman–Crippen LogP) is 2.83. The Balaban J connectivity index is 0.00000176. The highest BCUT2D eigenvalue weighted by Gasteiger charge is 2.45. The smallest absolute Gasteiger partial charge is 0.131 e. The summed E-state index contributed by atoms with van der Waals surface area (Å²) in [6.45, 7) is 7.65. The van der Waals surface area contributed by atoms with Crippen LogP contribution >= 0.6 is 12.4 Å². The summed E-state index contributed by atoms with van der Waals surface area (Å²) in [5.41, 5.74) is 1.27. The summed E-state index contributed by atoms with van der Waals surface area (Å²) < 4.78 is 6.00. The van der Waals surface area contributed by atoms with E-state index in [0.29, 0.717) is 0 Å². The van der Waals surface area contributed by atoms with Crippen molar-refractivity contribution in [1.29, 1.82) is 0 Å². The molecule has 0 amide bonds. The van der Waals surface area contributed by atoms with E-state index in [1.807, 2.05) is 32.0 Å². The van der Waals surface area contributed by atoms with Gasteiger partial charge in [-0.25, -0.2) is 0 Å². The van der Waals surface area contributed by atoms with Gasteiger partial charge >= 0.3 is 0 Å². The Morgan fingerprint density at radius 3 is 2.50 bits per heavy atom. The van der Waals surface area contributed by atoms with Crippen LogP contribution in [0, 0.1) is 0 Å². The van der Waals surface area contributed by atoms with E-state index in [2.05, 4.69) is 4.90 Å². The molecule has 2 aliphatic rings. The second kappa shape index (κ2) is 6.36. The Kier molecular flexibility index (Phi) is 5.07. The third kappa shape index (κ3) is 2.98. The van der Waals surface area contributed by atoms with Gasteiger partial charge in [0, 0.05) is 5.56 Å². The first-order chi connectivity index (χ1) is 9.90. The summed E-state index contributed by atoms with van der Waals surface area (Å²) in [7, 11) is 0. The summed E-state index contributed by atoms with van der Waals surface area (Å²) >= 11 is 0. The molecule has 2 N–H and O–H groups in total. The Morgan fingerprint density at radius 2 is 1.91 bits per heavy atom. The van der Waals surface area contributed by atoms with Crippen molar-refractivity contribution >= 4 is 12.4 Å². The Bertz CT molecular complexity index is 527. The number of halogens is 1. The fraction of sp³-hybridized carbons (Fsp3) is 0.647. The van der Waals surface area contributed by atoms with Gasteiger partial charge in [-0.15, -0.1) is 12.4 Å². The van der Waals surface area contributed by atoms with Gasteiger partial charge in [0.2, 0.25) is 0 Å². The first-order valence-electron chi connectivity index (χ1n) is 7.83. The van der Waals surface area contributed by atoms with E-state index in [0.717, 1.165) is 30.0 Å². The van der Waals surface area contributed by atoms with Crippen LogP contribution in [0.5, 0.6) is 5.75 Å². The maximum Gasteiger partial charge on any atom is 0.131 e. The van der Waals surface area contributed by atoms with Crippen LogP contribution in [-0.4, -0.2) is 39.9 Å². The summed E-state index contributed by atoms with van der Waals surface area (Å²) in [6.07, 6.45) is 1.26. The fourth-order valence-electron chi connectivity index (χ4n) is 3.46. The third-order valence-electron chi connectivity index (χ3n) is 4.75. The van der Waals surface area contributed by atoms with Crippen molar-refractivity contribution in [3.05, 3.63) is 29.3 Å². The highest BCUT2D eigenvalue weighted by molar-refractivity contribution is 5.85. The van der Waals surface area contributed by atoms with Crippen molar-refractivity contribution in [2.45, 2.75) is 57.5 Å². The molecule has 0 saturated carbocycles. The van der Waals surface area contributed by atoms with E-state index < -0.39 is 17.8 Å². The van der Waals surface area contributed by atoms with Crippen molar-refractivity contribution in [3.8, 4) is 5.75 Å². The lowest BCUT2D eigenvalue weighted by Gasteiger charge is -2.45. The van der Waals surface area contributed by atoms with E-state index in [4.69, 9.17) is 4.74 Å². The lowest BCUT2D eigenvalue weighted by Crippen LogP contribution is -2.53. The lowest BCUT2D eigenvalue weighted by atomic mass is 9.84. The van der Waals surface area contributed by atoms with Crippen molar-refractivity contribution in [2.75, 3.05) is 13.1 Å². The molecule has 124 valence electrons. The maximum absolute atomic E-state index is 10.8. The quantitative estimate of drug-likeness (QED) is 0.877. The van der Waals surface area contributed by atoms with Crippen molar-refractivity contribution < 1.29 is 14.9 Å². The van der Waals surface area contributed by atoms with Gasteiger partial charge in [-0.1, -0.05) is 6.07 Å². The number of fused-ring (bicyclic) bond motifs is 1. The van der Waals surface area contributed by atoms with Crippen LogP contribution in [0.2, 0.25) is 0 Å². The van der Waals surface area contributed by atoms with Crippen LogP contribution in [0.15, 0.2) is 18.2 Å². The molecule has 22 heavy (non-hydrogen) atoms. The molecule has 2 heterocycles. The fourth-order valence-corrected chi connectivity index (χ4v) is 3.46. The van der Waals surface area contributed by atoms with Crippen LogP contribution in [0.4, 0.5) is 0 Å². The summed E-state index contributed by atoms with van der Waals surface area (Å²) in [5, 5.41) is 20.6. The summed E-state index contributed by atoms with van der Waals surface area (Å²) in [5.74, 6) is 0.826. The molecule has 0 aliphatic carbocycles. The molecule has 1 saturated heterocycles. The zero-order valence-electron chi connectivity index (χ0n) is 13.5. The molecule has 1 aromatic carbocycles. The molecule has 1 unspecified atom stereocenters. The Labute approximate surface area is 138 Å². The zero-order chi connectivity index (χ0) is 15.2. The van der Waals surface area contributed by atoms with Gasteiger partial charge in [-0.2, -0.15) is 0 Å². The number of aliphatic hydroxyl groups is 2. The first kappa shape index (κ1) is 17.5. The van der Waals surface area contributed by atoms with Crippen molar-refractivity contribution in [1.82, 2.24) is 4.90 Å². The number of rotatable bonds is 2. The number of nitrogens with zero attached hydrogens (tertiary/aromatic N) is 1. The molecule has 3 atom stereocenters. The third-order valence-corrected chi connectivity index (χ3v) is 4.75. The molecule has 0 bridgehead atoms. The number of benzene rings is 1. The highest BCUT2D eigenvalue weighted by Crippen LogP contribution is 2.44. The zero-order valence-corrected chi connectivity index (χ0v) is 14.3. The SMILES string of the molecule is CC(O)c1ccc2c(c1)[C@H](N1CCCC1)[C@@H](O)C(C)(C)O2.Cl. The molecular weight excluding hydrogens is 302 g/mol. The standard InChI is InChI=1S/C17H25NO3.ClH/c1-11(19)12-6-7-14-13(10-12)15(18-8-4-5-9-18)16(20)17(2,3)21-14;/h6-7,10-11,15-16,19-20H,4-5,8-9H2,1-3H3;1H/t11?,15-,16+;/m0./s1. The molecule has 5 heteroatoms. The van der Waals surface area contributed by atoms with Crippen LogP contribution in [-0.2, 0) is 0 Å². The minimum Gasteiger partial charge on any atom is -0.485 e. The molecule has 4 nitrogen and oxygen atoms in total. The Hall–Kier alpha value is -0.810. The van der Waals surface area contributed by atoms with Crippen LogP contribution in [0.25, 0.3) is 0 Å². The van der Waals surface area contributed by atoms with Gasteiger partial charge in [0.1, 0.15) is 17.5 Å². The molecule has 1 aromatic rings. The molecule has 2 aliphatic heterocycles. The topological polar surface area (TPSA) is 52.9 Å². The number of likely N-dealkylation sites (tertiary alicyclic amines) is 1. The van der Waals surface area contributed by atoms with E-state index >= 15 is 0 Å². The van der Waals surface area contributed by atoms with Gasteiger partial charge in [0.05, 0.1) is 12.1 Å². The predicted molar refractivity (Wildman–Crippen MR) is 88.6 cm³/mol. The number of hydrogen-bond donors (Lipinski definition) is 2. The Morgan fingerprint density at radius 1 is 1.27 bits per heavy atom. The molecule has 3 rings (SSSR count). The average Bonchev–Trinajstić information content (AvgIpc) is 2.93. The molecule has 0 radical (unpaired) electrons. The molecular formula is C17H26ClNO3. The van der Waals surface area contributed by atoms with Gasteiger partial charge < -0.3 is 14.9 Å². The summed E-state index contributed by atoms with van der Waals surface area (Å²) in [6, 6.07) is 5.76. The van der Waals surface area contributed by atoms with Crippen LogP contribution in [0.3, 0.4) is 0 Å². The molecule has 1 fully saturated rings. The van der Waals surface area contributed by atoms with Crippen molar-refractivity contribution in [2.24, 2.45) is 0 Å². The maximum atomic E-state index is 10.8. The van der Waals surface area contributed by atoms with Gasteiger partial charge in [-0.3, -0.25) is 4.90 Å². The number of aliphatic hydroxyl groups excluding tert-OH is 2. The summed E-state index contributed by atoms with van der Waals surface area (Å²) in [4.78, 5) is 2.35. The number of ether oxygens (including phenoxy) is 1. The van der Waals surface area contributed by atoms with Gasteiger partial charge in [0.25, 0.3) is 0 Å². The second-order valence-corrected chi connectivity index (χ2v) is 6.81. The van der Waals surface area contributed by atoms with E-state index in [1.54, 1.807) is 6.92 Å². The minimum absolute atomic E-state index is 0. The molecule has 0 spiro atoms.